The van der Waals surface area contributed by atoms with Gasteiger partial charge in [0.2, 0.25) is 0 Å². The lowest BCUT2D eigenvalue weighted by Crippen LogP contribution is -2.35. The molecule has 0 bridgehead atoms. The van der Waals surface area contributed by atoms with Crippen molar-refractivity contribution in [3.8, 4) is 0 Å². The summed E-state index contributed by atoms with van der Waals surface area (Å²) in [6.45, 7) is 1.82. The molecule has 1 aromatic carbocycles. The second-order valence-electron chi connectivity index (χ2n) is 4.21. The lowest BCUT2D eigenvalue weighted by Gasteiger charge is -2.33. The fourth-order valence-corrected chi connectivity index (χ4v) is 2.25. The second kappa shape index (κ2) is 5.02. The zero-order valence-electron chi connectivity index (χ0n) is 9.00. The Labute approximate surface area is 99.6 Å². The van der Waals surface area contributed by atoms with Gasteiger partial charge in [0.25, 0.3) is 0 Å². The van der Waals surface area contributed by atoms with Crippen molar-refractivity contribution in [3.05, 3.63) is 29.0 Å². The minimum absolute atomic E-state index is 0.233. The van der Waals surface area contributed by atoms with Crippen LogP contribution in [0.4, 0.5) is 10.1 Å². The van der Waals surface area contributed by atoms with E-state index in [1.54, 1.807) is 12.1 Å². The monoisotopic (exact) mass is 243 g/mol. The van der Waals surface area contributed by atoms with Crippen LogP contribution < -0.4 is 4.90 Å². The number of rotatable bonds is 2. The maximum absolute atomic E-state index is 13.6. The van der Waals surface area contributed by atoms with Crippen LogP contribution in [0, 0.1) is 11.7 Å². The van der Waals surface area contributed by atoms with E-state index in [-0.39, 0.29) is 12.4 Å². The van der Waals surface area contributed by atoms with Crippen LogP contribution in [0.3, 0.4) is 0 Å². The quantitative estimate of drug-likeness (QED) is 0.863. The van der Waals surface area contributed by atoms with E-state index in [0.717, 1.165) is 25.9 Å². The Bertz CT molecular complexity index is 364. The van der Waals surface area contributed by atoms with Gasteiger partial charge in [0.15, 0.2) is 0 Å². The van der Waals surface area contributed by atoms with Crippen LogP contribution in [0.25, 0.3) is 0 Å². The summed E-state index contributed by atoms with van der Waals surface area (Å²) in [4.78, 5) is 2.01. The number of anilines is 1. The molecule has 1 N–H and O–H groups in total. The van der Waals surface area contributed by atoms with Crippen LogP contribution >= 0.6 is 11.6 Å². The molecule has 0 aromatic heterocycles. The minimum Gasteiger partial charge on any atom is -0.396 e. The number of hydrogen-bond donors (Lipinski definition) is 1. The van der Waals surface area contributed by atoms with E-state index in [0.29, 0.717) is 16.6 Å². The Hall–Kier alpha value is -0.800. The summed E-state index contributed by atoms with van der Waals surface area (Å²) < 4.78 is 13.6. The lowest BCUT2D eigenvalue weighted by atomic mass is 9.97. The predicted molar refractivity (Wildman–Crippen MR) is 63.4 cm³/mol. The number of aliphatic hydroxyl groups is 1. The van der Waals surface area contributed by atoms with Crippen LogP contribution in [0.5, 0.6) is 0 Å². The van der Waals surface area contributed by atoms with Gasteiger partial charge in [-0.3, -0.25) is 0 Å². The van der Waals surface area contributed by atoms with Crippen molar-refractivity contribution >= 4 is 17.3 Å². The van der Waals surface area contributed by atoms with Crippen molar-refractivity contribution in [3.63, 3.8) is 0 Å². The van der Waals surface area contributed by atoms with E-state index in [2.05, 4.69) is 0 Å². The summed E-state index contributed by atoms with van der Waals surface area (Å²) in [6.07, 6.45) is 1.83. The van der Waals surface area contributed by atoms with Crippen LogP contribution in [0.1, 0.15) is 12.8 Å². The Balaban J connectivity index is 2.08. The summed E-state index contributed by atoms with van der Waals surface area (Å²) in [5.74, 6) is 0.0987. The zero-order valence-corrected chi connectivity index (χ0v) is 9.75. The number of piperidine rings is 1. The first-order valence-electron chi connectivity index (χ1n) is 5.51. The van der Waals surface area contributed by atoms with Crippen molar-refractivity contribution in [2.24, 2.45) is 5.92 Å². The van der Waals surface area contributed by atoms with Gasteiger partial charge in [-0.25, -0.2) is 4.39 Å². The molecule has 2 nitrogen and oxygen atoms in total. The van der Waals surface area contributed by atoms with Gasteiger partial charge in [-0.2, -0.15) is 0 Å². The van der Waals surface area contributed by atoms with Gasteiger partial charge in [0, 0.05) is 24.7 Å². The number of nitrogens with zero attached hydrogens (tertiary/aromatic N) is 1. The number of aliphatic hydroxyl groups excluding tert-OH is 1. The molecular formula is C12H15ClFNO. The SMILES string of the molecule is OCC1CCN(c2ccc(Cl)cc2F)CC1. The van der Waals surface area contributed by atoms with E-state index in [1.165, 1.54) is 6.07 Å². The molecule has 0 atom stereocenters. The minimum atomic E-state index is -0.269. The summed E-state index contributed by atoms with van der Waals surface area (Å²) in [5.41, 5.74) is 0.612. The van der Waals surface area contributed by atoms with Crippen molar-refractivity contribution < 1.29 is 9.50 Å². The lowest BCUT2D eigenvalue weighted by molar-refractivity contribution is 0.203. The molecule has 16 heavy (non-hydrogen) atoms. The van der Waals surface area contributed by atoms with Crippen LogP contribution in [0.2, 0.25) is 5.02 Å². The summed E-state index contributed by atoms with van der Waals surface area (Å²) in [7, 11) is 0. The molecule has 1 aliphatic heterocycles. The van der Waals surface area contributed by atoms with Crippen molar-refractivity contribution in [1.82, 2.24) is 0 Å². The first-order valence-corrected chi connectivity index (χ1v) is 5.89. The Morgan fingerprint density at radius 2 is 2.06 bits per heavy atom. The Morgan fingerprint density at radius 1 is 1.38 bits per heavy atom. The molecule has 1 aliphatic rings. The number of benzene rings is 1. The second-order valence-corrected chi connectivity index (χ2v) is 4.65. The standard InChI is InChI=1S/C12H15ClFNO/c13-10-1-2-12(11(14)7-10)15-5-3-9(8-16)4-6-15/h1-2,7,9,16H,3-6,8H2. The molecule has 0 amide bonds. The molecule has 0 aliphatic carbocycles. The molecule has 0 radical (unpaired) electrons. The molecule has 88 valence electrons. The summed E-state index contributed by atoms with van der Waals surface area (Å²) in [5, 5.41) is 9.45. The zero-order chi connectivity index (χ0) is 11.5. The van der Waals surface area contributed by atoms with E-state index in [4.69, 9.17) is 16.7 Å². The largest absolute Gasteiger partial charge is 0.396 e. The van der Waals surface area contributed by atoms with Gasteiger partial charge in [-0.05, 0) is 37.0 Å². The van der Waals surface area contributed by atoms with Gasteiger partial charge in [0.1, 0.15) is 5.82 Å². The summed E-state index contributed by atoms with van der Waals surface area (Å²) >= 11 is 5.71. The first kappa shape index (κ1) is 11.7. The number of hydrogen-bond acceptors (Lipinski definition) is 2. The van der Waals surface area contributed by atoms with Gasteiger partial charge in [-0.15, -0.1) is 0 Å². The van der Waals surface area contributed by atoms with Gasteiger partial charge in [-0.1, -0.05) is 11.6 Å². The van der Waals surface area contributed by atoms with E-state index >= 15 is 0 Å². The van der Waals surface area contributed by atoms with Crippen LogP contribution in [0.15, 0.2) is 18.2 Å². The highest BCUT2D eigenvalue weighted by Gasteiger charge is 2.20. The third-order valence-corrected chi connectivity index (χ3v) is 3.36. The van der Waals surface area contributed by atoms with E-state index < -0.39 is 0 Å². The average Bonchev–Trinajstić information content (AvgIpc) is 2.29. The Kier molecular flexibility index (Phi) is 3.66. The third-order valence-electron chi connectivity index (χ3n) is 3.12. The molecule has 1 fully saturated rings. The summed E-state index contributed by atoms with van der Waals surface area (Å²) in [6, 6.07) is 4.77. The maximum Gasteiger partial charge on any atom is 0.147 e. The average molecular weight is 244 g/mol. The van der Waals surface area contributed by atoms with Gasteiger partial charge < -0.3 is 10.0 Å². The molecule has 2 rings (SSSR count). The molecule has 0 unspecified atom stereocenters. The molecule has 1 saturated heterocycles. The molecule has 0 saturated carbocycles. The molecule has 4 heteroatoms. The smallest absolute Gasteiger partial charge is 0.147 e. The highest BCUT2D eigenvalue weighted by atomic mass is 35.5. The maximum atomic E-state index is 13.6. The topological polar surface area (TPSA) is 23.5 Å². The fourth-order valence-electron chi connectivity index (χ4n) is 2.09. The third kappa shape index (κ3) is 2.47. The highest BCUT2D eigenvalue weighted by molar-refractivity contribution is 6.30. The Morgan fingerprint density at radius 3 is 2.62 bits per heavy atom. The van der Waals surface area contributed by atoms with Crippen molar-refractivity contribution in [1.29, 1.82) is 0 Å². The van der Waals surface area contributed by atoms with Crippen molar-refractivity contribution in [2.45, 2.75) is 12.8 Å². The van der Waals surface area contributed by atoms with Gasteiger partial charge in [0.05, 0.1) is 5.69 Å². The number of halogens is 2. The first-order chi connectivity index (χ1) is 7.70. The highest BCUT2D eigenvalue weighted by Crippen LogP contribution is 2.27. The fraction of sp³-hybridized carbons (Fsp3) is 0.500. The van der Waals surface area contributed by atoms with Crippen LogP contribution in [-0.2, 0) is 0 Å². The van der Waals surface area contributed by atoms with E-state index in [1.807, 2.05) is 4.90 Å². The molecule has 1 aromatic rings. The van der Waals surface area contributed by atoms with Crippen molar-refractivity contribution in [2.75, 3.05) is 24.6 Å². The molecule has 0 spiro atoms. The normalized spacial score (nSPS) is 17.8. The van der Waals surface area contributed by atoms with Crippen LogP contribution in [-0.4, -0.2) is 24.8 Å². The predicted octanol–water partition coefficient (Wildman–Crippen LogP) is 2.69. The van der Waals surface area contributed by atoms with E-state index in [9.17, 15) is 4.39 Å². The van der Waals surface area contributed by atoms with Gasteiger partial charge >= 0.3 is 0 Å². The molecular weight excluding hydrogens is 229 g/mol. The molecule has 1 heterocycles.